The lowest BCUT2D eigenvalue weighted by atomic mass is 9.97. The number of benzene rings is 2. The molecule has 2 heterocycles. The first-order valence-corrected chi connectivity index (χ1v) is 10.8. The van der Waals surface area contributed by atoms with Gasteiger partial charge in [-0.25, -0.2) is 0 Å². The lowest BCUT2D eigenvalue weighted by Crippen LogP contribution is -2.41. The van der Waals surface area contributed by atoms with E-state index in [-0.39, 0.29) is 17.7 Å². The molecular weight excluding hydrogens is 402 g/mol. The van der Waals surface area contributed by atoms with Crippen LogP contribution >= 0.6 is 0 Å². The third-order valence-corrected chi connectivity index (χ3v) is 5.66. The molecule has 7 heteroatoms. The quantitative estimate of drug-likeness (QED) is 0.633. The fourth-order valence-electron chi connectivity index (χ4n) is 3.98. The number of carbonyl (C=O) groups excluding carboxylic acids is 2. The highest BCUT2D eigenvalue weighted by atomic mass is 16.2. The second-order valence-electron chi connectivity index (χ2n) is 8.12. The van der Waals surface area contributed by atoms with Gasteiger partial charge in [0.05, 0.1) is 11.6 Å². The molecule has 1 unspecified atom stereocenters. The summed E-state index contributed by atoms with van der Waals surface area (Å²) in [5.41, 5.74) is 4.50. The summed E-state index contributed by atoms with van der Waals surface area (Å²) in [5, 5.41) is 14.6. The van der Waals surface area contributed by atoms with Crippen LogP contribution in [-0.2, 0) is 9.59 Å². The number of nitrogens with zero attached hydrogens (tertiary/aromatic N) is 3. The Kier molecular flexibility index (Phi) is 6.44. The summed E-state index contributed by atoms with van der Waals surface area (Å²) < 4.78 is 0. The van der Waals surface area contributed by atoms with Gasteiger partial charge in [-0.2, -0.15) is 0 Å². The van der Waals surface area contributed by atoms with Crippen LogP contribution in [0.5, 0.6) is 0 Å². The fourth-order valence-corrected chi connectivity index (χ4v) is 3.98. The molecule has 1 aliphatic heterocycles. The second-order valence-corrected chi connectivity index (χ2v) is 8.12. The van der Waals surface area contributed by atoms with Gasteiger partial charge in [-0.15, -0.1) is 10.2 Å². The number of hydrogen-bond donors (Lipinski definition) is 2. The molecule has 0 bridgehead atoms. The second kappa shape index (κ2) is 9.60. The first kappa shape index (κ1) is 21.5. The normalized spacial score (nSPS) is 15.8. The van der Waals surface area contributed by atoms with Gasteiger partial charge in [-0.1, -0.05) is 24.3 Å². The molecule has 1 saturated heterocycles. The zero-order valence-electron chi connectivity index (χ0n) is 18.3. The molecule has 0 spiro atoms. The molecule has 1 atom stereocenters. The third-order valence-electron chi connectivity index (χ3n) is 5.66. The van der Waals surface area contributed by atoms with E-state index in [1.165, 1.54) is 6.92 Å². The summed E-state index contributed by atoms with van der Waals surface area (Å²) in [6.07, 6.45) is 1.75. The smallest absolute Gasteiger partial charge is 0.229 e. The Morgan fingerprint density at radius 1 is 0.938 bits per heavy atom. The van der Waals surface area contributed by atoms with Gasteiger partial charge < -0.3 is 15.5 Å². The summed E-state index contributed by atoms with van der Waals surface area (Å²) in [6.45, 7) is 4.99. The number of piperidine rings is 1. The molecule has 2 amide bonds. The molecule has 0 radical (unpaired) electrons. The van der Waals surface area contributed by atoms with Crippen LogP contribution in [0.1, 0.15) is 25.3 Å². The van der Waals surface area contributed by atoms with Crippen molar-refractivity contribution in [2.24, 2.45) is 5.92 Å². The number of anilines is 3. The summed E-state index contributed by atoms with van der Waals surface area (Å²) >= 11 is 0. The number of aryl methyl sites for hydroxylation is 1. The Morgan fingerprint density at radius 3 is 2.31 bits per heavy atom. The van der Waals surface area contributed by atoms with Crippen LogP contribution in [0.4, 0.5) is 17.2 Å². The van der Waals surface area contributed by atoms with Crippen molar-refractivity contribution in [3.8, 4) is 11.3 Å². The van der Waals surface area contributed by atoms with Crippen molar-refractivity contribution in [1.82, 2.24) is 10.2 Å². The molecule has 32 heavy (non-hydrogen) atoms. The Labute approximate surface area is 187 Å². The van der Waals surface area contributed by atoms with E-state index in [4.69, 9.17) is 0 Å². The minimum absolute atomic E-state index is 0.00790. The standard InChI is InChI=1S/C25H27N5O2/c1-17-6-3-4-8-22(17)23-13-14-24(29-28-23)30-15-5-7-19(16-30)25(32)27-21-11-9-20(10-12-21)26-18(2)31/h3-4,6,8-14,19H,5,7,15-16H2,1-2H3,(H,26,31)(H,27,32). The lowest BCUT2D eigenvalue weighted by Gasteiger charge is -2.32. The molecule has 1 fully saturated rings. The van der Waals surface area contributed by atoms with Crippen molar-refractivity contribution >= 4 is 29.0 Å². The van der Waals surface area contributed by atoms with Crippen molar-refractivity contribution < 1.29 is 9.59 Å². The van der Waals surface area contributed by atoms with Crippen LogP contribution in [0, 0.1) is 12.8 Å². The average Bonchev–Trinajstić information content (AvgIpc) is 2.80. The maximum Gasteiger partial charge on any atom is 0.229 e. The number of aromatic nitrogens is 2. The van der Waals surface area contributed by atoms with E-state index in [1.54, 1.807) is 24.3 Å². The van der Waals surface area contributed by atoms with E-state index in [2.05, 4.69) is 38.7 Å². The van der Waals surface area contributed by atoms with Gasteiger partial charge in [0.2, 0.25) is 11.8 Å². The van der Waals surface area contributed by atoms with Crippen molar-refractivity contribution in [3.05, 3.63) is 66.2 Å². The van der Waals surface area contributed by atoms with Gasteiger partial charge in [-0.3, -0.25) is 9.59 Å². The van der Waals surface area contributed by atoms with Gasteiger partial charge in [0.25, 0.3) is 0 Å². The van der Waals surface area contributed by atoms with Crippen molar-refractivity contribution in [3.63, 3.8) is 0 Å². The predicted octanol–water partition coefficient (Wildman–Crippen LogP) is 4.27. The molecule has 1 aromatic heterocycles. The van der Waals surface area contributed by atoms with Gasteiger partial charge in [0, 0.05) is 37.0 Å². The number of amides is 2. The Hall–Kier alpha value is -3.74. The maximum atomic E-state index is 12.8. The monoisotopic (exact) mass is 429 g/mol. The number of nitrogens with one attached hydrogen (secondary N) is 2. The molecule has 4 rings (SSSR count). The lowest BCUT2D eigenvalue weighted by molar-refractivity contribution is -0.120. The third kappa shape index (κ3) is 5.11. The molecule has 2 N–H and O–H groups in total. The molecular formula is C25H27N5O2. The molecule has 3 aromatic rings. The number of rotatable bonds is 5. The Morgan fingerprint density at radius 2 is 1.66 bits per heavy atom. The topological polar surface area (TPSA) is 87.2 Å². The van der Waals surface area contributed by atoms with Gasteiger partial charge in [0.1, 0.15) is 0 Å². The minimum atomic E-state index is -0.128. The average molecular weight is 430 g/mol. The summed E-state index contributed by atoms with van der Waals surface area (Å²) in [6, 6.07) is 19.2. The van der Waals surface area contributed by atoms with Crippen molar-refractivity contribution in [2.75, 3.05) is 28.6 Å². The zero-order valence-corrected chi connectivity index (χ0v) is 18.3. The van der Waals surface area contributed by atoms with E-state index in [0.29, 0.717) is 17.9 Å². The van der Waals surface area contributed by atoms with E-state index in [1.807, 2.05) is 30.3 Å². The summed E-state index contributed by atoms with van der Waals surface area (Å²) in [5.74, 6) is 0.529. The van der Waals surface area contributed by atoms with Gasteiger partial charge in [-0.05, 0) is 61.7 Å². The van der Waals surface area contributed by atoms with E-state index in [0.717, 1.165) is 42.0 Å². The van der Waals surface area contributed by atoms with Crippen LogP contribution < -0.4 is 15.5 Å². The van der Waals surface area contributed by atoms with E-state index < -0.39 is 0 Å². The van der Waals surface area contributed by atoms with Crippen LogP contribution in [0.3, 0.4) is 0 Å². The zero-order chi connectivity index (χ0) is 22.5. The fraction of sp³-hybridized carbons (Fsp3) is 0.280. The highest BCUT2D eigenvalue weighted by Gasteiger charge is 2.27. The van der Waals surface area contributed by atoms with Crippen molar-refractivity contribution in [1.29, 1.82) is 0 Å². The van der Waals surface area contributed by atoms with Crippen molar-refractivity contribution in [2.45, 2.75) is 26.7 Å². The van der Waals surface area contributed by atoms with Gasteiger partial charge >= 0.3 is 0 Å². The van der Waals surface area contributed by atoms with Gasteiger partial charge in [0.15, 0.2) is 5.82 Å². The first-order chi connectivity index (χ1) is 15.5. The maximum absolute atomic E-state index is 12.8. The van der Waals surface area contributed by atoms with Crippen LogP contribution in [0.15, 0.2) is 60.7 Å². The van der Waals surface area contributed by atoms with Crippen LogP contribution in [0.2, 0.25) is 0 Å². The molecule has 0 aliphatic carbocycles. The van der Waals surface area contributed by atoms with Crippen LogP contribution in [-0.4, -0.2) is 35.1 Å². The van der Waals surface area contributed by atoms with Crippen LogP contribution in [0.25, 0.3) is 11.3 Å². The minimum Gasteiger partial charge on any atom is -0.354 e. The molecule has 7 nitrogen and oxygen atoms in total. The largest absolute Gasteiger partial charge is 0.354 e. The highest BCUT2D eigenvalue weighted by molar-refractivity contribution is 5.94. The number of hydrogen-bond acceptors (Lipinski definition) is 5. The summed E-state index contributed by atoms with van der Waals surface area (Å²) in [7, 11) is 0. The van der Waals surface area contributed by atoms with E-state index in [9.17, 15) is 9.59 Å². The predicted molar refractivity (Wildman–Crippen MR) is 127 cm³/mol. The Bertz CT molecular complexity index is 1100. The van der Waals surface area contributed by atoms with E-state index >= 15 is 0 Å². The summed E-state index contributed by atoms with van der Waals surface area (Å²) in [4.78, 5) is 26.1. The number of carbonyl (C=O) groups is 2. The first-order valence-electron chi connectivity index (χ1n) is 10.8. The Balaban J connectivity index is 1.39. The SMILES string of the molecule is CC(=O)Nc1ccc(NC(=O)C2CCCN(c3ccc(-c4ccccc4C)nn3)C2)cc1. The highest BCUT2D eigenvalue weighted by Crippen LogP contribution is 2.25. The molecule has 0 saturated carbocycles. The molecule has 2 aromatic carbocycles. The molecule has 164 valence electrons. The molecule has 1 aliphatic rings.